The Morgan fingerprint density at radius 1 is 1.35 bits per heavy atom. The van der Waals surface area contributed by atoms with Gasteiger partial charge in [0.05, 0.1) is 16.1 Å². The van der Waals surface area contributed by atoms with Gasteiger partial charge >= 0.3 is 0 Å². The molecular formula is C15H22Br2N2O. The monoisotopic (exact) mass is 404 g/mol. The van der Waals surface area contributed by atoms with Crippen LogP contribution in [0.25, 0.3) is 0 Å². The molecule has 0 aromatic heterocycles. The van der Waals surface area contributed by atoms with Crippen LogP contribution >= 0.6 is 31.9 Å². The molecule has 1 saturated heterocycles. The molecule has 20 heavy (non-hydrogen) atoms. The zero-order chi connectivity index (χ0) is 14.5. The lowest BCUT2D eigenvalue weighted by Crippen LogP contribution is -2.37. The van der Waals surface area contributed by atoms with Crippen LogP contribution in [0.15, 0.2) is 21.1 Å². The molecule has 1 aliphatic heterocycles. The fourth-order valence-electron chi connectivity index (χ4n) is 2.84. The Balaban J connectivity index is 1.88. The number of methoxy groups -OCH3 is 1. The summed E-state index contributed by atoms with van der Waals surface area (Å²) in [5.41, 5.74) is 1.26. The molecule has 0 amide bonds. The van der Waals surface area contributed by atoms with Crippen molar-refractivity contribution in [3.8, 4) is 5.75 Å². The highest BCUT2D eigenvalue weighted by Gasteiger charge is 2.22. The molecule has 0 aliphatic carbocycles. The fraction of sp³-hybridized carbons (Fsp3) is 0.600. The van der Waals surface area contributed by atoms with E-state index in [1.807, 2.05) is 0 Å². The summed E-state index contributed by atoms with van der Waals surface area (Å²) in [6, 6.07) is 4.93. The molecule has 0 spiro atoms. The van der Waals surface area contributed by atoms with Crippen LogP contribution in [0.1, 0.15) is 25.3 Å². The minimum atomic E-state index is 0.699. The highest BCUT2D eigenvalue weighted by Crippen LogP contribution is 2.34. The first-order valence-electron chi connectivity index (χ1n) is 7.12. The Labute approximate surface area is 138 Å². The van der Waals surface area contributed by atoms with Crippen molar-refractivity contribution < 1.29 is 4.74 Å². The van der Waals surface area contributed by atoms with Gasteiger partial charge in [-0.2, -0.15) is 0 Å². The van der Waals surface area contributed by atoms with E-state index in [0.29, 0.717) is 6.04 Å². The molecule has 1 N–H and O–H groups in total. The van der Waals surface area contributed by atoms with Gasteiger partial charge in [-0.05, 0) is 75.5 Å². The smallest absolute Gasteiger partial charge is 0.147 e. The van der Waals surface area contributed by atoms with Gasteiger partial charge in [0, 0.05) is 19.1 Å². The van der Waals surface area contributed by atoms with Crippen LogP contribution in [0, 0.1) is 0 Å². The average molecular weight is 406 g/mol. The van der Waals surface area contributed by atoms with Crippen LogP contribution in [0.2, 0.25) is 0 Å². The molecule has 2 rings (SSSR count). The lowest BCUT2D eigenvalue weighted by atomic mass is 10.2. The van der Waals surface area contributed by atoms with Crippen LogP contribution in [0.3, 0.4) is 0 Å². The Bertz CT molecular complexity index is 430. The first-order valence-corrected chi connectivity index (χ1v) is 8.71. The third-order valence-electron chi connectivity index (χ3n) is 3.88. The number of rotatable bonds is 6. The predicted molar refractivity (Wildman–Crippen MR) is 90.4 cm³/mol. The number of halogens is 2. The molecule has 1 fully saturated rings. The summed E-state index contributed by atoms with van der Waals surface area (Å²) >= 11 is 7.09. The van der Waals surface area contributed by atoms with Crippen molar-refractivity contribution in [1.29, 1.82) is 0 Å². The van der Waals surface area contributed by atoms with Crippen LogP contribution in [-0.4, -0.2) is 37.7 Å². The molecular weight excluding hydrogens is 384 g/mol. The largest absolute Gasteiger partial charge is 0.494 e. The van der Waals surface area contributed by atoms with Crippen molar-refractivity contribution in [1.82, 2.24) is 10.2 Å². The van der Waals surface area contributed by atoms with Crippen LogP contribution in [0.4, 0.5) is 0 Å². The number of hydrogen-bond donors (Lipinski definition) is 1. The molecule has 0 unspecified atom stereocenters. The number of likely N-dealkylation sites (N-methyl/N-ethyl adjacent to an activating group) is 1. The zero-order valence-corrected chi connectivity index (χ0v) is 15.3. The van der Waals surface area contributed by atoms with Crippen molar-refractivity contribution in [2.24, 2.45) is 0 Å². The highest BCUT2D eigenvalue weighted by atomic mass is 79.9. The van der Waals surface area contributed by atoms with E-state index < -0.39 is 0 Å². The summed E-state index contributed by atoms with van der Waals surface area (Å²) in [6.07, 6.45) is 2.65. The van der Waals surface area contributed by atoms with E-state index in [4.69, 9.17) is 4.74 Å². The summed E-state index contributed by atoms with van der Waals surface area (Å²) < 4.78 is 7.30. The van der Waals surface area contributed by atoms with E-state index in [0.717, 1.165) is 34.3 Å². The van der Waals surface area contributed by atoms with Gasteiger partial charge in [0.1, 0.15) is 5.75 Å². The van der Waals surface area contributed by atoms with E-state index in [1.165, 1.54) is 24.9 Å². The number of nitrogens with one attached hydrogen (secondary N) is 1. The average Bonchev–Trinajstić information content (AvgIpc) is 2.86. The topological polar surface area (TPSA) is 24.5 Å². The number of benzene rings is 1. The van der Waals surface area contributed by atoms with Crippen molar-refractivity contribution in [3.05, 3.63) is 26.6 Å². The first kappa shape index (κ1) is 16.3. The molecule has 1 aliphatic rings. The normalized spacial score (nSPS) is 19.5. The summed E-state index contributed by atoms with van der Waals surface area (Å²) in [5.74, 6) is 0.849. The molecule has 1 aromatic carbocycles. The van der Waals surface area contributed by atoms with Gasteiger partial charge in [0.15, 0.2) is 0 Å². The molecule has 0 radical (unpaired) electrons. The maximum atomic E-state index is 5.32. The zero-order valence-electron chi connectivity index (χ0n) is 12.1. The lowest BCUT2D eigenvalue weighted by Gasteiger charge is -2.23. The third-order valence-corrected chi connectivity index (χ3v) is 5.05. The number of nitrogens with zero attached hydrogens (tertiary/aromatic N) is 1. The Hall–Kier alpha value is -0.100. The molecule has 0 bridgehead atoms. The fourth-order valence-corrected chi connectivity index (χ4v) is 4.44. The molecule has 0 saturated carbocycles. The quantitative estimate of drug-likeness (QED) is 0.778. The lowest BCUT2D eigenvalue weighted by molar-refractivity contribution is 0.260. The minimum absolute atomic E-state index is 0.699. The van der Waals surface area contributed by atoms with E-state index >= 15 is 0 Å². The standard InChI is InChI=1S/C15H22Br2N2O/c1-3-19-6-4-5-12(19)10-18-9-11-7-13(16)15(20-2)14(17)8-11/h7-8,12,18H,3-6,9-10H2,1-2H3/t12-/m1/s1. The van der Waals surface area contributed by atoms with Crippen molar-refractivity contribution in [2.75, 3.05) is 26.7 Å². The van der Waals surface area contributed by atoms with Gasteiger partial charge in [0.25, 0.3) is 0 Å². The van der Waals surface area contributed by atoms with Gasteiger partial charge in [0.2, 0.25) is 0 Å². The van der Waals surface area contributed by atoms with Crippen LogP contribution in [0.5, 0.6) is 5.75 Å². The van der Waals surface area contributed by atoms with Crippen molar-refractivity contribution in [3.63, 3.8) is 0 Å². The minimum Gasteiger partial charge on any atom is -0.494 e. The first-order chi connectivity index (χ1) is 9.65. The summed E-state index contributed by atoms with van der Waals surface area (Å²) in [5, 5.41) is 3.58. The number of hydrogen-bond acceptors (Lipinski definition) is 3. The van der Waals surface area contributed by atoms with Gasteiger partial charge < -0.3 is 10.1 Å². The molecule has 112 valence electrons. The Morgan fingerprint density at radius 3 is 2.65 bits per heavy atom. The van der Waals surface area contributed by atoms with E-state index in [1.54, 1.807) is 7.11 Å². The van der Waals surface area contributed by atoms with Crippen molar-refractivity contribution in [2.45, 2.75) is 32.4 Å². The molecule has 5 heteroatoms. The van der Waals surface area contributed by atoms with E-state index in [-0.39, 0.29) is 0 Å². The maximum Gasteiger partial charge on any atom is 0.147 e. The third kappa shape index (κ3) is 3.97. The second-order valence-electron chi connectivity index (χ2n) is 5.15. The van der Waals surface area contributed by atoms with Crippen molar-refractivity contribution >= 4 is 31.9 Å². The van der Waals surface area contributed by atoms with Gasteiger partial charge in [-0.3, -0.25) is 4.90 Å². The SMILES string of the molecule is CCN1CCC[C@@H]1CNCc1cc(Br)c(OC)c(Br)c1. The van der Waals surface area contributed by atoms with E-state index in [2.05, 4.69) is 61.1 Å². The number of ether oxygens (including phenoxy) is 1. The molecule has 1 heterocycles. The summed E-state index contributed by atoms with van der Waals surface area (Å²) in [4.78, 5) is 2.56. The Morgan fingerprint density at radius 2 is 2.05 bits per heavy atom. The summed E-state index contributed by atoms with van der Waals surface area (Å²) in [7, 11) is 1.68. The molecule has 1 atom stereocenters. The van der Waals surface area contributed by atoms with Crippen LogP contribution in [-0.2, 0) is 6.54 Å². The number of likely N-dealkylation sites (tertiary alicyclic amines) is 1. The molecule has 3 nitrogen and oxygen atoms in total. The highest BCUT2D eigenvalue weighted by molar-refractivity contribution is 9.11. The van der Waals surface area contributed by atoms with Gasteiger partial charge in [-0.25, -0.2) is 0 Å². The summed E-state index contributed by atoms with van der Waals surface area (Å²) in [6.45, 7) is 6.61. The second-order valence-corrected chi connectivity index (χ2v) is 6.86. The van der Waals surface area contributed by atoms with Gasteiger partial charge in [-0.15, -0.1) is 0 Å². The predicted octanol–water partition coefficient (Wildman–Crippen LogP) is 3.79. The maximum absolute atomic E-state index is 5.32. The molecule has 1 aromatic rings. The van der Waals surface area contributed by atoms with E-state index in [9.17, 15) is 0 Å². The Kier molecular flexibility index (Phi) is 6.33. The van der Waals surface area contributed by atoms with Gasteiger partial charge in [-0.1, -0.05) is 6.92 Å². The van der Waals surface area contributed by atoms with Crippen LogP contribution < -0.4 is 10.1 Å². The second kappa shape index (κ2) is 7.78.